The largest absolute Gasteiger partial charge is 0.490 e. The van der Waals surface area contributed by atoms with Crippen molar-refractivity contribution in [1.82, 2.24) is 0 Å². The first-order chi connectivity index (χ1) is 10.7. The van der Waals surface area contributed by atoms with Crippen LogP contribution in [0.3, 0.4) is 0 Å². The molecule has 0 atom stereocenters. The van der Waals surface area contributed by atoms with Gasteiger partial charge in [0.1, 0.15) is 24.7 Å². The summed E-state index contributed by atoms with van der Waals surface area (Å²) < 4.78 is 12.1. The number of benzene rings is 2. The molecular formula is C18H18BrNO2. The molecule has 0 amide bonds. The predicted octanol–water partition coefficient (Wildman–Crippen LogP) is 4.73. The van der Waals surface area contributed by atoms with Gasteiger partial charge in [0.05, 0.1) is 16.1 Å². The van der Waals surface area contributed by atoms with Crippen molar-refractivity contribution in [2.24, 2.45) is 0 Å². The van der Waals surface area contributed by atoms with Crippen molar-refractivity contribution in [2.75, 3.05) is 13.2 Å². The summed E-state index contributed by atoms with van der Waals surface area (Å²) in [6.07, 6.45) is 2.24. The Morgan fingerprint density at radius 3 is 2.41 bits per heavy atom. The molecule has 0 spiro atoms. The Balaban J connectivity index is 1.78. The van der Waals surface area contributed by atoms with Crippen LogP contribution in [-0.2, 0) is 6.42 Å². The van der Waals surface area contributed by atoms with Gasteiger partial charge < -0.3 is 9.47 Å². The van der Waals surface area contributed by atoms with Gasteiger partial charge in [-0.1, -0.05) is 25.5 Å². The highest BCUT2D eigenvalue weighted by Gasteiger charge is 2.03. The number of nitriles is 1. The highest BCUT2D eigenvalue weighted by atomic mass is 79.9. The summed E-state index contributed by atoms with van der Waals surface area (Å²) in [7, 11) is 0. The molecule has 0 fully saturated rings. The van der Waals surface area contributed by atoms with Crippen LogP contribution in [-0.4, -0.2) is 13.2 Å². The third-order valence-corrected chi connectivity index (χ3v) is 3.75. The van der Waals surface area contributed by atoms with Crippen molar-refractivity contribution in [1.29, 1.82) is 5.26 Å². The second kappa shape index (κ2) is 8.45. The molecule has 0 heterocycles. The molecule has 2 aromatic carbocycles. The van der Waals surface area contributed by atoms with Gasteiger partial charge >= 0.3 is 0 Å². The Kier molecular flexibility index (Phi) is 6.29. The lowest BCUT2D eigenvalue weighted by molar-refractivity contribution is 0.216. The zero-order valence-corrected chi connectivity index (χ0v) is 14.1. The molecule has 22 heavy (non-hydrogen) atoms. The van der Waals surface area contributed by atoms with E-state index >= 15 is 0 Å². The first-order valence-corrected chi connectivity index (χ1v) is 8.06. The number of rotatable bonds is 7. The van der Waals surface area contributed by atoms with Crippen LogP contribution in [0.5, 0.6) is 11.5 Å². The van der Waals surface area contributed by atoms with Gasteiger partial charge in [-0.05, 0) is 58.2 Å². The second-order valence-corrected chi connectivity index (χ2v) is 5.70. The van der Waals surface area contributed by atoms with Crippen LogP contribution in [0.4, 0.5) is 0 Å². The van der Waals surface area contributed by atoms with Crippen molar-refractivity contribution in [3.8, 4) is 17.6 Å². The molecule has 0 aliphatic heterocycles. The summed E-state index contributed by atoms with van der Waals surface area (Å²) in [5.41, 5.74) is 1.93. The van der Waals surface area contributed by atoms with E-state index in [2.05, 4.69) is 41.1 Å². The van der Waals surface area contributed by atoms with Gasteiger partial charge in [-0.15, -0.1) is 0 Å². The van der Waals surface area contributed by atoms with Crippen LogP contribution in [0.1, 0.15) is 24.5 Å². The molecule has 0 unspecified atom stereocenters. The third kappa shape index (κ3) is 4.78. The molecule has 3 nitrogen and oxygen atoms in total. The van der Waals surface area contributed by atoms with Crippen LogP contribution in [0.25, 0.3) is 0 Å². The van der Waals surface area contributed by atoms with Crippen LogP contribution in [0.2, 0.25) is 0 Å². The molecule has 0 bridgehead atoms. The summed E-state index contributed by atoms with van der Waals surface area (Å²) >= 11 is 3.39. The van der Waals surface area contributed by atoms with Crippen LogP contribution < -0.4 is 9.47 Å². The summed E-state index contributed by atoms with van der Waals surface area (Å²) in [6.45, 7) is 3.09. The van der Waals surface area contributed by atoms with Gasteiger partial charge in [0.2, 0.25) is 0 Å². The van der Waals surface area contributed by atoms with E-state index in [4.69, 9.17) is 14.7 Å². The van der Waals surface area contributed by atoms with Crippen LogP contribution in [0, 0.1) is 11.3 Å². The minimum atomic E-state index is 0.446. The summed E-state index contributed by atoms with van der Waals surface area (Å²) in [5.74, 6) is 1.56. The molecule has 0 saturated heterocycles. The SMILES string of the molecule is CCCc1ccc(OCCOc2ccc(C#N)cc2Br)cc1. The van der Waals surface area contributed by atoms with Gasteiger partial charge in [0.15, 0.2) is 0 Å². The molecule has 2 aromatic rings. The first-order valence-electron chi connectivity index (χ1n) is 7.27. The maximum Gasteiger partial charge on any atom is 0.133 e. The quantitative estimate of drug-likeness (QED) is 0.671. The number of hydrogen-bond acceptors (Lipinski definition) is 3. The standard InChI is InChI=1S/C18H18BrNO2/c1-2-3-14-4-7-16(8-5-14)21-10-11-22-18-9-6-15(13-20)12-17(18)19/h4-9,12H,2-3,10-11H2,1H3. The molecule has 0 aromatic heterocycles. The number of aryl methyl sites for hydroxylation is 1. The zero-order valence-electron chi connectivity index (χ0n) is 12.5. The molecule has 0 N–H and O–H groups in total. The smallest absolute Gasteiger partial charge is 0.133 e. The Hall–Kier alpha value is -1.99. The van der Waals surface area contributed by atoms with E-state index in [1.807, 2.05) is 12.1 Å². The monoisotopic (exact) mass is 359 g/mol. The maximum absolute atomic E-state index is 8.81. The highest BCUT2D eigenvalue weighted by Crippen LogP contribution is 2.25. The van der Waals surface area contributed by atoms with Crippen molar-refractivity contribution < 1.29 is 9.47 Å². The molecule has 4 heteroatoms. The third-order valence-electron chi connectivity index (χ3n) is 3.13. The lowest BCUT2D eigenvalue weighted by Gasteiger charge is -2.10. The molecular weight excluding hydrogens is 342 g/mol. The Labute approximate surface area is 139 Å². The fourth-order valence-corrected chi connectivity index (χ4v) is 2.53. The maximum atomic E-state index is 8.81. The highest BCUT2D eigenvalue weighted by molar-refractivity contribution is 9.10. The van der Waals surface area contributed by atoms with Crippen molar-refractivity contribution in [2.45, 2.75) is 19.8 Å². The minimum Gasteiger partial charge on any atom is -0.490 e. The fraction of sp³-hybridized carbons (Fsp3) is 0.278. The summed E-state index contributed by atoms with van der Waals surface area (Å²) in [6, 6.07) is 15.5. The fourth-order valence-electron chi connectivity index (χ4n) is 2.04. The Morgan fingerprint density at radius 1 is 1.05 bits per heavy atom. The van der Waals surface area contributed by atoms with Crippen molar-refractivity contribution in [3.05, 3.63) is 58.1 Å². The van der Waals surface area contributed by atoms with Crippen molar-refractivity contribution >= 4 is 15.9 Å². The molecule has 0 aliphatic rings. The first kappa shape index (κ1) is 16.4. The topological polar surface area (TPSA) is 42.2 Å². The molecule has 0 radical (unpaired) electrons. The van der Waals surface area contributed by atoms with E-state index in [0.29, 0.717) is 24.5 Å². The van der Waals surface area contributed by atoms with E-state index in [1.54, 1.807) is 18.2 Å². The van der Waals surface area contributed by atoms with Gasteiger partial charge in [-0.2, -0.15) is 5.26 Å². The number of hydrogen-bond donors (Lipinski definition) is 0. The molecule has 0 saturated carbocycles. The number of nitrogens with zero attached hydrogens (tertiary/aromatic N) is 1. The average molecular weight is 360 g/mol. The van der Waals surface area contributed by atoms with Gasteiger partial charge in [0.25, 0.3) is 0 Å². The van der Waals surface area contributed by atoms with Gasteiger partial charge in [-0.3, -0.25) is 0 Å². The second-order valence-electron chi connectivity index (χ2n) is 4.85. The van der Waals surface area contributed by atoms with Crippen molar-refractivity contribution in [3.63, 3.8) is 0 Å². The summed E-state index contributed by atoms with van der Waals surface area (Å²) in [5, 5.41) is 8.81. The number of ether oxygens (including phenoxy) is 2. The molecule has 2 rings (SSSR count). The Morgan fingerprint density at radius 2 is 1.77 bits per heavy atom. The van der Waals surface area contributed by atoms with E-state index < -0.39 is 0 Å². The Bertz CT molecular complexity index is 647. The van der Waals surface area contributed by atoms with Gasteiger partial charge in [-0.25, -0.2) is 0 Å². The van der Waals surface area contributed by atoms with E-state index in [9.17, 15) is 0 Å². The minimum absolute atomic E-state index is 0.446. The van der Waals surface area contributed by atoms with E-state index in [-0.39, 0.29) is 0 Å². The van der Waals surface area contributed by atoms with Gasteiger partial charge in [0, 0.05) is 0 Å². The average Bonchev–Trinajstić information content (AvgIpc) is 2.54. The predicted molar refractivity (Wildman–Crippen MR) is 90.3 cm³/mol. The van der Waals surface area contributed by atoms with Crippen LogP contribution >= 0.6 is 15.9 Å². The van der Waals surface area contributed by atoms with Crippen LogP contribution in [0.15, 0.2) is 46.9 Å². The molecule has 114 valence electrons. The normalized spacial score (nSPS) is 10.0. The lowest BCUT2D eigenvalue weighted by Crippen LogP contribution is -2.09. The lowest BCUT2D eigenvalue weighted by atomic mass is 10.1. The molecule has 0 aliphatic carbocycles. The van der Waals surface area contributed by atoms with E-state index in [0.717, 1.165) is 23.1 Å². The summed E-state index contributed by atoms with van der Waals surface area (Å²) in [4.78, 5) is 0. The van der Waals surface area contributed by atoms with E-state index in [1.165, 1.54) is 5.56 Å². The number of halogens is 1. The zero-order chi connectivity index (χ0) is 15.8.